The number of pyridine rings is 1. The van der Waals surface area contributed by atoms with E-state index in [2.05, 4.69) is 4.98 Å². The third kappa shape index (κ3) is 2.79. The highest BCUT2D eigenvalue weighted by Crippen LogP contribution is 2.46. The van der Waals surface area contributed by atoms with Crippen LogP contribution in [0.5, 0.6) is 11.5 Å². The molecule has 0 bridgehead atoms. The maximum absolute atomic E-state index is 10.9. The molecular formula is C13H17NO4. The van der Waals surface area contributed by atoms with E-state index in [1.54, 1.807) is 13.2 Å². The molecule has 0 atom stereocenters. The van der Waals surface area contributed by atoms with Crippen LogP contribution >= 0.6 is 0 Å². The van der Waals surface area contributed by atoms with Crippen molar-refractivity contribution in [2.24, 2.45) is 0 Å². The molecule has 1 heterocycles. The van der Waals surface area contributed by atoms with E-state index in [-0.39, 0.29) is 6.79 Å². The summed E-state index contributed by atoms with van der Waals surface area (Å²) in [6.07, 6.45) is 2.88. The topological polar surface area (TPSA) is 57.7 Å². The van der Waals surface area contributed by atoms with Gasteiger partial charge in [-0.2, -0.15) is 0 Å². The number of aromatic nitrogens is 1. The van der Waals surface area contributed by atoms with Crippen LogP contribution in [0.15, 0.2) is 6.07 Å². The number of methoxy groups -OCH3 is 1. The standard InChI is InChI=1S/C13H17NO4/c1-3-17-11-6-10(7-15)14-12(9-4-5-9)13(11)18-8-16-2/h6-7,9H,3-5,8H2,1-2H3. The average Bonchev–Trinajstić information content (AvgIpc) is 3.21. The average molecular weight is 251 g/mol. The van der Waals surface area contributed by atoms with E-state index in [0.29, 0.717) is 29.7 Å². The molecule has 5 heteroatoms. The van der Waals surface area contributed by atoms with Gasteiger partial charge in [-0.25, -0.2) is 4.98 Å². The first-order valence-corrected chi connectivity index (χ1v) is 6.04. The van der Waals surface area contributed by atoms with Crippen LogP contribution in [-0.2, 0) is 4.74 Å². The number of hydrogen-bond donors (Lipinski definition) is 0. The first-order chi connectivity index (χ1) is 8.80. The highest BCUT2D eigenvalue weighted by molar-refractivity contribution is 5.74. The molecule has 1 aliphatic rings. The lowest BCUT2D eigenvalue weighted by atomic mass is 10.2. The summed E-state index contributed by atoms with van der Waals surface area (Å²) in [5.41, 5.74) is 1.19. The zero-order chi connectivity index (χ0) is 13.0. The largest absolute Gasteiger partial charge is 0.490 e. The zero-order valence-electron chi connectivity index (χ0n) is 10.6. The third-order valence-corrected chi connectivity index (χ3v) is 2.69. The molecule has 0 aliphatic heterocycles. The Morgan fingerprint density at radius 3 is 2.78 bits per heavy atom. The second kappa shape index (κ2) is 5.82. The van der Waals surface area contributed by atoms with E-state index in [9.17, 15) is 4.79 Å². The molecule has 0 spiro atoms. The fraction of sp³-hybridized carbons (Fsp3) is 0.538. The van der Waals surface area contributed by atoms with Gasteiger partial charge in [0.1, 0.15) is 5.69 Å². The number of ether oxygens (including phenoxy) is 3. The van der Waals surface area contributed by atoms with Gasteiger partial charge in [-0.1, -0.05) is 0 Å². The summed E-state index contributed by atoms with van der Waals surface area (Å²) in [6.45, 7) is 2.54. The number of rotatable bonds is 7. The van der Waals surface area contributed by atoms with Crippen LogP contribution in [0, 0.1) is 0 Å². The number of carbonyl (C=O) groups excluding carboxylic acids is 1. The zero-order valence-corrected chi connectivity index (χ0v) is 10.6. The van der Waals surface area contributed by atoms with Crippen molar-refractivity contribution < 1.29 is 19.0 Å². The Morgan fingerprint density at radius 2 is 2.22 bits per heavy atom. The van der Waals surface area contributed by atoms with Crippen LogP contribution in [0.1, 0.15) is 41.9 Å². The van der Waals surface area contributed by atoms with Gasteiger partial charge in [0.2, 0.25) is 0 Å². The molecule has 5 nitrogen and oxygen atoms in total. The molecule has 1 aromatic rings. The van der Waals surface area contributed by atoms with Gasteiger partial charge in [0.05, 0.1) is 12.3 Å². The number of hydrogen-bond acceptors (Lipinski definition) is 5. The van der Waals surface area contributed by atoms with Crippen molar-refractivity contribution >= 4 is 6.29 Å². The molecule has 2 rings (SSSR count). The fourth-order valence-corrected chi connectivity index (χ4v) is 1.77. The minimum atomic E-state index is 0.141. The number of carbonyl (C=O) groups is 1. The van der Waals surface area contributed by atoms with Gasteiger partial charge in [0.15, 0.2) is 24.6 Å². The third-order valence-electron chi connectivity index (χ3n) is 2.69. The minimum absolute atomic E-state index is 0.141. The summed E-state index contributed by atoms with van der Waals surface area (Å²) in [4.78, 5) is 15.2. The summed E-state index contributed by atoms with van der Waals surface area (Å²) in [7, 11) is 1.56. The van der Waals surface area contributed by atoms with Gasteiger partial charge >= 0.3 is 0 Å². The molecule has 18 heavy (non-hydrogen) atoms. The van der Waals surface area contributed by atoms with Crippen molar-refractivity contribution in [1.29, 1.82) is 0 Å². The maximum Gasteiger partial charge on any atom is 0.189 e. The lowest BCUT2D eigenvalue weighted by Crippen LogP contribution is -2.07. The predicted octanol–water partition coefficient (Wildman–Crippen LogP) is 2.15. The summed E-state index contributed by atoms with van der Waals surface area (Å²) in [5.74, 6) is 1.54. The Bertz CT molecular complexity index is 429. The van der Waals surface area contributed by atoms with E-state index in [1.165, 1.54) is 0 Å². The van der Waals surface area contributed by atoms with E-state index >= 15 is 0 Å². The molecule has 0 amide bonds. The first-order valence-electron chi connectivity index (χ1n) is 6.04. The van der Waals surface area contributed by atoms with Crippen LogP contribution in [0.3, 0.4) is 0 Å². The molecule has 1 aliphatic carbocycles. The van der Waals surface area contributed by atoms with Crippen molar-refractivity contribution in [1.82, 2.24) is 4.98 Å². The second-order valence-electron chi connectivity index (χ2n) is 4.14. The van der Waals surface area contributed by atoms with Crippen LogP contribution in [0.4, 0.5) is 0 Å². The molecule has 0 radical (unpaired) electrons. The van der Waals surface area contributed by atoms with E-state index in [1.807, 2.05) is 6.92 Å². The Kier molecular flexibility index (Phi) is 4.15. The molecule has 1 fully saturated rings. The van der Waals surface area contributed by atoms with Crippen LogP contribution < -0.4 is 9.47 Å². The summed E-state index contributed by atoms with van der Waals surface area (Å²) in [5, 5.41) is 0. The minimum Gasteiger partial charge on any atom is -0.490 e. The molecule has 0 aromatic carbocycles. The fourth-order valence-electron chi connectivity index (χ4n) is 1.77. The van der Waals surface area contributed by atoms with Crippen molar-refractivity contribution in [3.05, 3.63) is 17.5 Å². The first kappa shape index (κ1) is 12.8. The second-order valence-corrected chi connectivity index (χ2v) is 4.14. The lowest BCUT2D eigenvalue weighted by Gasteiger charge is -2.15. The number of aldehydes is 1. The Hall–Kier alpha value is -1.62. The summed E-state index contributed by atoms with van der Waals surface area (Å²) in [6, 6.07) is 1.60. The van der Waals surface area contributed by atoms with Gasteiger partial charge in [-0.05, 0) is 19.8 Å². The van der Waals surface area contributed by atoms with E-state index in [0.717, 1.165) is 24.8 Å². The Labute approximate surface area is 106 Å². The summed E-state index contributed by atoms with van der Waals surface area (Å²) < 4.78 is 16.0. The van der Waals surface area contributed by atoms with Gasteiger partial charge in [0, 0.05) is 19.1 Å². The molecule has 0 N–H and O–H groups in total. The highest BCUT2D eigenvalue weighted by Gasteiger charge is 2.31. The highest BCUT2D eigenvalue weighted by atomic mass is 16.7. The Balaban J connectivity index is 2.38. The van der Waals surface area contributed by atoms with E-state index < -0.39 is 0 Å². The van der Waals surface area contributed by atoms with Gasteiger partial charge in [-0.3, -0.25) is 4.79 Å². The quantitative estimate of drug-likeness (QED) is 0.549. The van der Waals surface area contributed by atoms with Crippen LogP contribution in [0.2, 0.25) is 0 Å². The molecule has 0 unspecified atom stereocenters. The van der Waals surface area contributed by atoms with Crippen molar-refractivity contribution in [2.45, 2.75) is 25.7 Å². The molecular weight excluding hydrogens is 234 g/mol. The SMILES string of the molecule is CCOc1cc(C=O)nc(C2CC2)c1OCOC. The number of nitrogens with zero attached hydrogens (tertiary/aromatic N) is 1. The van der Waals surface area contributed by atoms with Gasteiger partial charge < -0.3 is 14.2 Å². The van der Waals surface area contributed by atoms with Crippen LogP contribution in [-0.4, -0.2) is 31.8 Å². The molecule has 0 saturated heterocycles. The van der Waals surface area contributed by atoms with E-state index in [4.69, 9.17) is 14.2 Å². The molecule has 1 saturated carbocycles. The normalized spacial score (nSPS) is 14.3. The Morgan fingerprint density at radius 1 is 1.44 bits per heavy atom. The smallest absolute Gasteiger partial charge is 0.189 e. The van der Waals surface area contributed by atoms with Crippen molar-refractivity contribution in [2.75, 3.05) is 20.5 Å². The lowest BCUT2D eigenvalue weighted by molar-refractivity contribution is 0.0476. The molecule has 1 aromatic heterocycles. The maximum atomic E-state index is 10.9. The monoisotopic (exact) mass is 251 g/mol. The van der Waals surface area contributed by atoms with Gasteiger partial charge in [0.25, 0.3) is 0 Å². The van der Waals surface area contributed by atoms with Crippen molar-refractivity contribution in [3.8, 4) is 11.5 Å². The van der Waals surface area contributed by atoms with Crippen molar-refractivity contribution in [3.63, 3.8) is 0 Å². The predicted molar refractivity (Wildman–Crippen MR) is 65.3 cm³/mol. The summed E-state index contributed by atoms with van der Waals surface area (Å²) >= 11 is 0. The van der Waals surface area contributed by atoms with Gasteiger partial charge in [-0.15, -0.1) is 0 Å². The molecule has 98 valence electrons. The van der Waals surface area contributed by atoms with Crippen LogP contribution in [0.25, 0.3) is 0 Å².